The second-order valence-electron chi connectivity index (χ2n) is 11.8. The number of benzene rings is 3. The van der Waals surface area contributed by atoms with Gasteiger partial charge < -0.3 is 9.30 Å². The number of nitrogens with zero attached hydrogens (tertiary/aromatic N) is 2. The van der Waals surface area contributed by atoms with Crippen LogP contribution in [0.2, 0.25) is 0 Å². The maximum atomic E-state index is 14.9. The maximum Gasteiger partial charge on any atom is 0.201 e. The molecule has 226 valence electrons. The summed E-state index contributed by atoms with van der Waals surface area (Å²) in [6.07, 6.45) is 6.41. The zero-order valence-corrected chi connectivity index (χ0v) is 26.0. The average molecular weight is 609 g/mol. The molecule has 0 amide bonds. The Morgan fingerprint density at radius 1 is 0.955 bits per heavy atom. The minimum atomic E-state index is -0.311. The molecule has 5 aromatic rings. The first kappa shape index (κ1) is 30.0. The first-order valence-corrected chi connectivity index (χ1v) is 16.1. The molecule has 0 bridgehead atoms. The van der Waals surface area contributed by atoms with Gasteiger partial charge in [-0.25, -0.2) is 4.39 Å². The molecule has 0 radical (unpaired) electrons. The molecule has 0 atom stereocenters. The van der Waals surface area contributed by atoms with Gasteiger partial charge in [-0.05, 0) is 66.9 Å². The normalized spacial score (nSPS) is 13.9. The lowest BCUT2D eigenvalue weighted by Crippen LogP contribution is -2.26. The molecule has 0 aliphatic heterocycles. The minimum absolute atomic E-state index is 0.0836. The number of pyridine rings is 1. The molecule has 6 rings (SSSR count). The third kappa shape index (κ3) is 6.26. The number of halogens is 1. The number of methoxy groups -OCH3 is 1. The Kier molecular flexibility index (Phi) is 9.05. The van der Waals surface area contributed by atoms with Crippen molar-refractivity contribution in [2.45, 2.75) is 51.7 Å². The van der Waals surface area contributed by atoms with Crippen molar-refractivity contribution in [1.29, 1.82) is 0 Å². The third-order valence-electron chi connectivity index (χ3n) is 8.62. The van der Waals surface area contributed by atoms with Crippen LogP contribution in [-0.2, 0) is 19.6 Å². The molecular weight excluding hydrogens is 571 g/mol. The number of aromatic nitrogens is 1. The molecule has 0 saturated heterocycles. The number of carbonyl (C=O) groups excluding carboxylic acids is 1. The highest BCUT2D eigenvalue weighted by atomic mass is 32.1. The van der Waals surface area contributed by atoms with Crippen LogP contribution in [0.25, 0.3) is 20.7 Å². The molecule has 0 N–H and O–H groups in total. The van der Waals surface area contributed by atoms with Gasteiger partial charge in [0.15, 0.2) is 5.78 Å². The summed E-state index contributed by atoms with van der Waals surface area (Å²) >= 11 is 1.52. The number of ketones is 1. The number of thiophene rings is 1. The van der Waals surface area contributed by atoms with E-state index in [1.165, 1.54) is 23.0 Å². The number of ether oxygens (including phenoxy) is 1. The second kappa shape index (κ2) is 13.3. The van der Waals surface area contributed by atoms with Crippen molar-refractivity contribution < 1.29 is 13.9 Å². The monoisotopic (exact) mass is 608 g/mol. The van der Waals surface area contributed by atoms with E-state index in [4.69, 9.17) is 4.74 Å². The zero-order chi connectivity index (χ0) is 30.6. The molecule has 0 spiro atoms. The van der Waals surface area contributed by atoms with Gasteiger partial charge in [-0.2, -0.15) is 0 Å². The molecule has 1 saturated carbocycles. The van der Waals surface area contributed by atoms with E-state index in [2.05, 4.69) is 17.0 Å². The molecule has 1 aliphatic carbocycles. The first-order chi connectivity index (χ1) is 21.4. The molecular formula is C37H37FN2O3S. The highest BCUT2D eigenvalue weighted by molar-refractivity contribution is 7.22. The van der Waals surface area contributed by atoms with Crippen LogP contribution in [0, 0.1) is 11.7 Å². The van der Waals surface area contributed by atoms with Gasteiger partial charge in [-0.1, -0.05) is 67.8 Å². The number of hydrogen-bond acceptors (Lipinski definition) is 5. The van der Waals surface area contributed by atoms with Crippen molar-refractivity contribution in [3.8, 4) is 16.2 Å². The molecule has 2 heterocycles. The second-order valence-corrected chi connectivity index (χ2v) is 12.8. The van der Waals surface area contributed by atoms with Crippen molar-refractivity contribution >= 4 is 27.3 Å². The lowest BCUT2D eigenvalue weighted by atomic mass is 9.84. The van der Waals surface area contributed by atoms with E-state index in [0.717, 1.165) is 58.7 Å². The Bertz CT molecular complexity index is 1820. The molecule has 0 unspecified atom stereocenters. The SMILES string of the molecule is COc1ccc(-c2sc3c(c2CN(C)Cc2ccccc2)c(=O)c(C(=O)C2CCCCC2)cn3Cc2ccccc2F)cc1. The standard InChI is InChI=1S/C37H37FN2O3S/c1-39(21-25-11-5-3-6-12-25)23-30-33-35(42)31(34(41)26-13-7-4-8-14-26)24-40(22-28-15-9-10-16-32(28)38)37(33)44-36(30)27-17-19-29(43-2)20-18-27/h3,5-6,9-12,15-20,24,26H,4,7-8,13-14,21-23H2,1-2H3. The summed E-state index contributed by atoms with van der Waals surface area (Å²) in [4.78, 5) is 32.3. The number of hydrogen-bond donors (Lipinski definition) is 0. The fraction of sp³-hybridized carbons (Fsp3) is 0.297. The van der Waals surface area contributed by atoms with E-state index >= 15 is 0 Å². The van der Waals surface area contributed by atoms with Gasteiger partial charge in [0.05, 0.1) is 24.6 Å². The highest BCUT2D eigenvalue weighted by Gasteiger charge is 2.29. The molecule has 3 aromatic carbocycles. The number of carbonyl (C=O) groups is 1. The van der Waals surface area contributed by atoms with Crippen molar-refractivity contribution in [2.24, 2.45) is 5.92 Å². The van der Waals surface area contributed by atoms with Crippen LogP contribution in [0.15, 0.2) is 89.9 Å². The molecule has 5 nitrogen and oxygen atoms in total. The van der Waals surface area contributed by atoms with Gasteiger partial charge in [0.1, 0.15) is 16.4 Å². The minimum Gasteiger partial charge on any atom is -0.497 e. The molecule has 44 heavy (non-hydrogen) atoms. The van der Waals surface area contributed by atoms with E-state index < -0.39 is 0 Å². The Hall–Kier alpha value is -4.07. The zero-order valence-electron chi connectivity index (χ0n) is 25.2. The molecule has 7 heteroatoms. The van der Waals surface area contributed by atoms with Crippen LogP contribution in [-0.4, -0.2) is 29.4 Å². The lowest BCUT2D eigenvalue weighted by molar-refractivity contribution is 0.0888. The van der Waals surface area contributed by atoms with E-state index in [9.17, 15) is 14.0 Å². The smallest absolute Gasteiger partial charge is 0.201 e. The van der Waals surface area contributed by atoms with Crippen LogP contribution in [0.3, 0.4) is 0 Å². The average Bonchev–Trinajstić information content (AvgIpc) is 3.43. The third-order valence-corrected chi connectivity index (χ3v) is 9.94. The predicted molar refractivity (Wildman–Crippen MR) is 176 cm³/mol. The van der Waals surface area contributed by atoms with Crippen molar-refractivity contribution in [3.05, 3.63) is 123 Å². The van der Waals surface area contributed by atoms with E-state index in [1.54, 1.807) is 25.4 Å². The Labute approximate surface area is 261 Å². The lowest BCUT2D eigenvalue weighted by Gasteiger charge is -2.21. The number of rotatable bonds is 10. The molecule has 2 aromatic heterocycles. The van der Waals surface area contributed by atoms with Gasteiger partial charge in [0.2, 0.25) is 5.43 Å². The van der Waals surface area contributed by atoms with E-state index in [1.807, 2.05) is 60.1 Å². The van der Waals surface area contributed by atoms with Gasteiger partial charge in [0.25, 0.3) is 0 Å². The van der Waals surface area contributed by atoms with Crippen LogP contribution < -0.4 is 10.2 Å². The Morgan fingerprint density at radius 2 is 1.66 bits per heavy atom. The Morgan fingerprint density at radius 3 is 2.36 bits per heavy atom. The van der Waals surface area contributed by atoms with E-state index in [-0.39, 0.29) is 35.1 Å². The summed E-state index contributed by atoms with van der Waals surface area (Å²) in [6, 6.07) is 24.8. The maximum absolute atomic E-state index is 14.9. The topological polar surface area (TPSA) is 51.5 Å². The summed E-state index contributed by atoms with van der Waals surface area (Å²) in [5, 5.41) is 0.554. The quantitative estimate of drug-likeness (QED) is 0.150. The Balaban J connectivity index is 1.55. The summed E-state index contributed by atoms with van der Waals surface area (Å²) in [6.45, 7) is 1.42. The van der Waals surface area contributed by atoms with Gasteiger partial charge >= 0.3 is 0 Å². The van der Waals surface area contributed by atoms with Crippen LogP contribution in [0.4, 0.5) is 4.39 Å². The first-order valence-electron chi connectivity index (χ1n) is 15.3. The van der Waals surface area contributed by atoms with Gasteiger partial charge in [-0.3, -0.25) is 14.5 Å². The fourth-order valence-corrected chi connectivity index (χ4v) is 7.62. The largest absolute Gasteiger partial charge is 0.497 e. The fourth-order valence-electron chi connectivity index (χ4n) is 6.33. The van der Waals surface area contributed by atoms with Crippen LogP contribution in [0.5, 0.6) is 5.75 Å². The van der Waals surface area contributed by atoms with Crippen molar-refractivity contribution in [3.63, 3.8) is 0 Å². The van der Waals surface area contributed by atoms with Gasteiger partial charge in [-0.15, -0.1) is 11.3 Å². The van der Waals surface area contributed by atoms with Crippen molar-refractivity contribution in [2.75, 3.05) is 14.2 Å². The van der Waals surface area contributed by atoms with Crippen LogP contribution in [0.1, 0.15) is 59.2 Å². The van der Waals surface area contributed by atoms with Crippen LogP contribution >= 0.6 is 11.3 Å². The van der Waals surface area contributed by atoms with Gasteiger partial charge in [0, 0.05) is 35.6 Å². The highest BCUT2D eigenvalue weighted by Crippen LogP contribution is 2.40. The van der Waals surface area contributed by atoms with Crippen molar-refractivity contribution in [1.82, 2.24) is 9.47 Å². The number of fused-ring (bicyclic) bond motifs is 1. The number of Topliss-reactive ketones (excluding diaryl/α,β-unsaturated/α-hetero) is 1. The summed E-state index contributed by atoms with van der Waals surface area (Å²) in [5.74, 6) is 0.200. The summed E-state index contributed by atoms with van der Waals surface area (Å²) in [7, 11) is 3.68. The van der Waals surface area contributed by atoms with E-state index in [0.29, 0.717) is 24.0 Å². The molecule has 1 fully saturated rings. The molecule has 1 aliphatic rings. The summed E-state index contributed by atoms with van der Waals surface area (Å²) < 4.78 is 22.3. The summed E-state index contributed by atoms with van der Waals surface area (Å²) in [5.41, 5.74) is 3.53. The predicted octanol–water partition coefficient (Wildman–Crippen LogP) is 8.32.